The molecule has 0 bridgehead atoms. The predicted molar refractivity (Wildman–Crippen MR) is 85.2 cm³/mol. The second-order valence-electron chi connectivity index (χ2n) is 6.80. The van der Waals surface area contributed by atoms with E-state index < -0.39 is 11.9 Å². The van der Waals surface area contributed by atoms with E-state index >= 15 is 0 Å². The van der Waals surface area contributed by atoms with E-state index in [0.717, 1.165) is 36.6 Å². The molecule has 0 aromatic carbocycles. The van der Waals surface area contributed by atoms with E-state index in [0.29, 0.717) is 17.9 Å². The number of fused-ring (bicyclic) bond motifs is 1. The van der Waals surface area contributed by atoms with Gasteiger partial charge in [-0.1, -0.05) is 13.8 Å². The summed E-state index contributed by atoms with van der Waals surface area (Å²) in [5.74, 6) is 0.215. The third kappa shape index (κ3) is 2.68. The summed E-state index contributed by atoms with van der Waals surface area (Å²) in [6.07, 6.45) is 3.95. The van der Waals surface area contributed by atoms with Crippen molar-refractivity contribution in [2.75, 3.05) is 11.4 Å². The van der Waals surface area contributed by atoms with Gasteiger partial charge in [0.05, 0.1) is 5.69 Å². The molecule has 1 N–H and O–H groups in total. The molecule has 1 aromatic heterocycles. The quantitative estimate of drug-likeness (QED) is 0.908. The monoisotopic (exact) mass is 308 g/mol. The van der Waals surface area contributed by atoms with Crippen molar-refractivity contribution in [3.63, 3.8) is 0 Å². The molecule has 1 saturated heterocycles. The average molecular weight is 308 g/mol. The molecule has 0 saturated carbocycles. The molecule has 1 aromatic rings. The number of hydrogen-bond donors (Lipinski definition) is 1. The Morgan fingerprint density at radius 2 is 2.14 bits per heavy atom. The highest BCUT2D eigenvalue weighted by Crippen LogP contribution is 2.40. The molecule has 0 spiro atoms. The zero-order valence-electron chi connectivity index (χ0n) is 13.0. The summed E-state index contributed by atoms with van der Waals surface area (Å²) in [6.45, 7) is 7.91. The third-order valence-corrected chi connectivity index (χ3v) is 6.25. The molecule has 1 aliphatic heterocycles. The Kier molecular flexibility index (Phi) is 3.95. The van der Waals surface area contributed by atoms with Crippen LogP contribution in [0.1, 0.15) is 56.5 Å². The maximum atomic E-state index is 11.4. The van der Waals surface area contributed by atoms with Gasteiger partial charge in [-0.25, -0.2) is 4.98 Å². The first-order valence-corrected chi connectivity index (χ1v) is 8.78. The van der Waals surface area contributed by atoms with E-state index in [4.69, 9.17) is 4.98 Å². The summed E-state index contributed by atoms with van der Waals surface area (Å²) in [5, 5.41) is 10.4. The number of carbonyl (C=O) groups is 1. The van der Waals surface area contributed by atoms with Crippen LogP contribution < -0.4 is 4.90 Å². The largest absolute Gasteiger partial charge is 0.481 e. The van der Waals surface area contributed by atoms with Crippen molar-refractivity contribution in [1.82, 2.24) is 4.98 Å². The second-order valence-corrected chi connectivity index (χ2v) is 7.86. The van der Waals surface area contributed by atoms with Gasteiger partial charge < -0.3 is 10.0 Å². The molecule has 4 nitrogen and oxygen atoms in total. The topological polar surface area (TPSA) is 53.4 Å². The zero-order valence-corrected chi connectivity index (χ0v) is 13.8. The fourth-order valence-electron chi connectivity index (χ4n) is 3.74. The van der Waals surface area contributed by atoms with Crippen molar-refractivity contribution in [3.8, 4) is 0 Å². The Morgan fingerprint density at radius 1 is 1.38 bits per heavy atom. The second kappa shape index (κ2) is 5.59. The number of piperidine rings is 1. The van der Waals surface area contributed by atoms with Crippen LogP contribution in [0.4, 0.5) is 5.13 Å². The van der Waals surface area contributed by atoms with Gasteiger partial charge in [0.2, 0.25) is 0 Å². The first-order valence-electron chi connectivity index (χ1n) is 7.96. The van der Waals surface area contributed by atoms with Crippen molar-refractivity contribution in [2.45, 2.75) is 58.4 Å². The van der Waals surface area contributed by atoms with Crippen LogP contribution in [0.5, 0.6) is 0 Å². The molecule has 2 aliphatic rings. The van der Waals surface area contributed by atoms with E-state index in [9.17, 15) is 9.90 Å². The van der Waals surface area contributed by atoms with Crippen molar-refractivity contribution in [3.05, 3.63) is 10.6 Å². The minimum absolute atomic E-state index is 0.395. The van der Waals surface area contributed by atoms with Crippen LogP contribution in [0.2, 0.25) is 0 Å². The van der Waals surface area contributed by atoms with Crippen molar-refractivity contribution < 1.29 is 9.90 Å². The molecule has 1 fully saturated rings. The lowest BCUT2D eigenvalue weighted by Gasteiger charge is -2.41. The SMILES string of the molecule is CC1CC(C)C(C)N(c2nc3c(s2)CCCC3C(=O)O)C1. The molecule has 0 amide bonds. The first kappa shape index (κ1) is 14.8. The Balaban J connectivity index is 1.91. The number of anilines is 1. The van der Waals surface area contributed by atoms with Gasteiger partial charge in [-0.2, -0.15) is 0 Å². The number of nitrogens with zero attached hydrogens (tertiary/aromatic N) is 2. The number of hydrogen-bond acceptors (Lipinski definition) is 4. The fraction of sp³-hybridized carbons (Fsp3) is 0.750. The molecule has 5 heteroatoms. The maximum Gasteiger partial charge on any atom is 0.312 e. The lowest BCUT2D eigenvalue weighted by Crippen LogP contribution is -2.45. The third-order valence-electron chi connectivity index (χ3n) is 5.08. The van der Waals surface area contributed by atoms with E-state index in [2.05, 4.69) is 25.7 Å². The molecule has 21 heavy (non-hydrogen) atoms. The minimum atomic E-state index is -0.721. The maximum absolute atomic E-state index is 11.4. The van der Waals surface area contributed by atoms with Crippen LogP contribution >= 0.6 is 11.3 Å². The van der Waals surface area contributed by atoms with E-state index in [1.54, 1.807) is 11.3 Å². The molecule has 4 unspecified atom stereocenters. The number of rotatable bonds is 2. The van der Waals surface area contributed by atoms with Gasteiger partial charge in [-0.3, -0.25) is 4.79 Å². The molecule has 2 heterocycles. The van der Waals surface area contributed by atoms with E-state index in [1.807, 2.05) is 0 Å². The van der Waals surface area contributed by atoms with E-state index in [1.165, 1.54) is 11.3 Å². The summed E-state index contributed by atoms with van der Waals surface area (Å²) < 4.78 is 0. The lowest BCUT2D eigenvalue weighted by atomic mass is 9.86. The molecular weight excluding hydrogens is 284 g/mol. The molecule has 3 rings (SSSR count). The van der Waals surface area contributed by atoms with Crippen molar-refractivity contribution in [1.29, 1.82) is 0 Å². The molecule has 116 valence electrons. The number of aryl methyl sites for hydroxylation is 1. The van der Waals surface area contributed by atoms with Gasteiger partial charge in [0.1, 0.15) is 5.92 Å². The van der Waals surface area contributed by atoms with Gasteiger partial charge in [0.15, 0.2) is 5.13 Å². The summed E-state index contributed by atoms with van der Waals surface area (Å²) in [6, 6.07) is 0.483. The van der Waals surface area contributed by atoms with Crippen LogP contribution in [0, 0.1) is 11.8 Å². The van der Waals surface area contributed by atoms with Gasteiger partial charge in [-0.15, -0.1) is 11.3 Å². The van der Waals surface area contributed by atoms with Gasteiger partial charge in [-0.05, 0) is 44.4 Å². The number of aromatic nitrogens is 1. The first-order chi connectivity index (χ1) is 9.97. The number of carboxylic acids is 1. The average Bonchev–Trinajstić information content (AvgIpc) is 2.85. The van der Waals surface area contributed by atoms with Gasteiger partial charge in [0.25, 0.3) is 0 Å². The Morgan fingerprint density at radius 3 is 2.86 bits per heavy atom. The fourth-order valence-corrected chi connectivity index (χ4v) is 5.00. The summed E-state index contributed by atoms with van der Waals surface area (Å²) >= 11 is 1.72. The summed E-state index contributed by atoms with van der Waals surface area (Å²) in [4.78, 5) is 19.8. The number of aliphatic carboxylic acids is 1. The van der Waals surface area contributed by atoms with Crippen LogP contribution in [0.3, 0.4) is 0 Å². The number of thiazole rings is 1. The Labute approximate surface area is 130 Å². The Bertz CT molecular complexity index is 542. The zero-order chi connectivity index (χ0) is 15.1. The van der Waals surface area contributed by atoms with Gasteiger partial charge in [0, 0.05) is 17.5 Å². The standard InChI is InChI=1S/C16H24N2O2S/c1-9-7-10(2)11(3)18(8-9)16-17-14-12(15(19)20)5-4-6-13(14)21-16/h9-12H,4-8H2,1-3H3,(H,19,20). The van der Waals surface area contributed by atoms with E-state index in [-0.39, 0.29) is 0 Å². The highest BCUT2D eigenvalue weighted by atomic mass is 32.1. The summed E-state index contributed by atoms with van der Waals surface area (Å²) in [5.41, 5.74) is 0.840. The van der Waals surface area contributed by atoms with Crippen LogP contribution in [0.15, 0.2) is 0 Å². The van der Waals surface area contributed by atoms with Gasteiger partial charge >= 0.3 is 5.97 Å². The van der Waals surface area contributed by atoms with Crippen LogP contribution in [0.25, 0.3) is 0 Å². The molecule has 0 radical (unpaired) electrons. The van der Waals surface area contributed by atoms with Crippen molar-refractivity contribution in [2.24, 2.45) is 11.8 Å². The number of carboxylic acid groups (broad SMARTS) is 1. The smallest absolute Gasteiger partial charge is 0.312 e. The molecule has 1 aliphatic carbocycles. The minimum Gasteiger partial charge on any atom is -0.481 e. The van der Waals surface area contributed by atoms with Crippen LogP contribution in [-0.4, -0.2) is 28.6 Å². The Hall–Kier alpha value is -1.10. The lowest BCUT2D eigenvalue weighted by molar-refractivity contribution is -0.139. The predicted octanol–water partition coefficient (Wildman–Crippen LogP) is 3.52. The molecular formula is C16H24N2O2S. The van der Waals surface area contributed by atoms with Crippen molar-refractivity contribution >= 4 is 22.4 Å². The molecule has 4 atom stereocenters. The highest BCUT2D eigenvalue weighted by Gasteiger charge is 2.34. The highest BCUT2D eigenvalue weighted by molar-refractivity contribution is 7.15. The van der Waals surface area contributed by atoms with Crippen LogP contribution in [-0.2, 0) is 11.2 Å². The normalized spacial score (nSPS) is 32.8. The summed E-state index contributed by atoms with van der Waals surface area (Å²) in [7, 11) is 0.